The summed E-state index contributed by atoms with van der Waals surface area (Å²) in [5.41, 5.74) is -0.651. The molecule has 0 aromatic heterocycles. The number of hydrogen-bond donors (Lipinski definition) is 1. The Labute approximate surface area is 219 Å². The van der Waals surface area contributed by atoms with Crippen LogP contribution in [0.5, 0.6) is 0 Å². The number of amides is 3. The van der Waals surface area contributed by atoms with Crippen LogP contribution >= 0.6 is 0 Å². The summed E-state index contributed by atoms with van der Waals surface area (Å²) in [6, 6.07) is 14.5. The van der Waals surface area contributed by atoms with Gasteiger partial charge in [-0.1, -0.05) is 24.3 Å². The first-order valence-electron chi connectivity index (χ1n) is 12.8. The van der Waals surface area contributed by atoms with E-state index in [0.29, 0.717) is 24.0 Å². The van der Waals surface area contributed by atoms with Gasteiger partial charge < -0.3 is 14.7 Å². The first-order chi connectivity index (χ1) is 17.0. The maximum Gasteiger partial charge on any atom is 0.262 e. The molecule has 2 aromatic rings. The van der Waals surface area contributed by atoms with Gasteiger partial charge in [-0.05, 0) is 98.1 Å². The molecule has 0 aliphatic carbocycles. The van der Waals surface area contributed by atoms with Gasteiger partial charge in [0.05, 0.1) is 33.9 Å². The van der Waals surface area contributed by atoms with Crippen molar-refractivity contribution < 1.29 is 24.2 Å². The van der Waals surface area contributed by atoms with Crippen LogP contribution in [-0.4, -0.2) is 56.1 Å². The van der Waals surface area contributed by atoms with Gasteiger partial charge in [0.2, 0.25) is 0 Å². The zero-order valence-electron chi connectivity index (χ0n) is 23.1. The first kappa shape index (κ1) is 27.0. The molecule has 2 heterocycles. The number of carbonyl (C=O) groups is 3. The van der Waals surface area contributed by atoms with Crippen molar-refractivity contribution in [1.82, 2.24) is 4.90 Å². The van der Waals surface area contributed by atoms with E-state index in [4.69, 9.17) is 4.74 Å². The number of fused-ring (bicyclic) bond motifs is 1. The molecule has 3 amide bonds. The van der Waals surface area contributed by atoms with Crippen molar-refractivity contribution in [2.24, 2.45) is 0 Å². The van der Waals surface area contributed by atoms with E-state index in [1.54, 1.807) is 52.0 Å². The number of ether oxygens (including phenoxy) is 1. The highest BCUT2D eigenvalue weighted by molar-refractivity contribution is 6.21. The van der Waals surface area contributed by atoms with Crippen LogP contribution in [0.15, 0.2) is 48.5 Å². The summed E-state index contributed by atoms with van der Waals surface area (Å²) >= 11 is 0. The third kappa shape index (κ3) is 4.28. The molecule has 4 rings (SSSR count). The molecule has 0 saturated carbocycles. The Kier molecular flexibility index (Phi) is 6.41. The molecule has 0 bridgehead atoms. The first-order valence-corrected chi connectivity index (χ1v) is 12.8. The third-order valence-corrected chi connectivity index (χ3v) is 8.35. The summed E-state index contributed by atoms with van der Waals surface area (Å²) in [5, 5.41) is 11.1. The highest BCUT2D eigenvalue weighted by Crippen LogP contribution is 2.44. The minimum Gasteiger partial charge on any atom is -0.391 e. The molecule has 0 unspecified atom stereocenters. The largest absolute Gasteiger partial charge is 0.391 e. The maximum absolute atomic E-state index is 13.3. The van der Waals surface area contributed by atoms with E-state index in [0.717, 1.165) is 11.3 Å². The molecule has 0 spiro atoms. The van der Waals surface area contributed by atoms with E-state index in [1.807, 2.05) is 56.9 Å². The number of carbonyl (C=O) groups excluding carboxylic acids is 3. The second-order valence-electron chi connectivity index (χ2n) is 12.2. The quantitative estimate of drug-likeness (QED) is 0.571. The lowest BCUT2D eigenvalue weighted by Gasteiger charge is -2.57. The van der Waals surface area contributed by atoms with Crippen LogP contribution in [0.2, 0.25) is 0 Å². The number of hydrogen-bond acceptors (Lipinski definition) is 5. The van der Waals surface area contributed by atoms with Crippen LogP contribution in [0, 0.1) is 0 Å². The molecular weight excluding hydrogens is 468 g/mol. The van der Waals surface area contributed by atoms with E-state index in [1.165, 1.54) is 4.90 Å². The molecule has 2 aromatic carbocycles. The van der Waals surface area contributed by atoms with E-state index in [9.17, 15) is 19.5 Å². The molecule has 1 saturated heterocycles. The lowest BCUT2D eigenvalue weighted by Crippen LogP contribution is -2.72. The van der Waals surface area contributed by atoms with Crippen molar-refractivity contribution in [3.05, 3.63) is 65.2 Å². The number of morpholine rings is 1. The van der Waals surface area contributed by atoms with Crippen LogP contribution in [0.4, 0.5) is 5.69 Å². The van der Waals surface area contributed by atoms with E-state index >= 15 is 0 Å². The normalized spacial score (nSPS) is 21.3. The van der Waals surface area contributed by atoms with E-state index in [2.05, 4.69) is 0 Å². The van der Waals surface area contributed by atoms with E-state index in [-0.39, 0.29) is 17.7 Å². The Balaban J connectivity index is 1.48. The number of anilines is 1. The van der Waals surface area contributed by atoms with Crippen molar-refractivity contribution in [2.45, 2.75) is 96.6 Å². The molecule has 7 heteroatoms. The maximum atomic E-state index is 13.3. The standard InChI is InChI=1S/C30H38N2O5/c1-27(2,32-24(34)21-11-9-10-12-22(21)25(32)35)23(33)18-15-19-13-16-20(17-14-19)31-26(36)28(3,4)37-30(7,8)29(31,5)6/h9-14,16-17,23,33H,15,18H2,1-8H3/t23-/m1/s1. The third-order valence-electron chi connectivity index (χ3n) is 8.35. The van der Waals surface area contributed by atoms with Crippen LogP contribution < -0.4 is 4.90 Å². The molecule has 1 fully saturated rings. The molecule has 7 nitrogen and oxygen atoms in total. The predicted octanol–water partition coefficient (Wildman–Crippen LogP) is 4.75. The molecule has 1 atom stereocenters. The monoisotopic (exact) mass is 506 g/mol. The van der Waals surface area contributed by atoms with Crippen molar-refractivity contribution in [3.63, 3.8) is 0 Å². The SMILES string of the molecule is CC1(C)OC(C)(C)C(C)(C)N(c2ccc(CC[C@@H](O)C(C)(C)N3C(=O)c4ccccc4C3=O)cc2)C1=O. The van der Waals surface area contributed by atoms with Gasteiger partial charge in [-0.15, -0.1) is 0 Å². The number of nitrogens with zero attached hydrogens (tertiary/aromatic N) is 2. The second kappa shape index (κ2) is 8.77. The van der Waals surface area contributed by atoms with Crippen LogP contribution in [0.3, 0.4) is 0 Å². The lowest BCUT2D eigenvalue weighted by atomic mass is 9.79. The molecular formula is C30H38N2O5. The molecule has 0 radical (unpaired) electrons. The average molecular weight is 507 g/mol. The van der Waals surface area contributed by atoms with Crippen molar-refractivity contribution in [1.29, 1.82) is 0 Å². The fraction of sp³-hybridized carbons (Fsp3) is 0.500. The Morgan fingerprint density at radius 1 is 0.865 bits per heavy atom. The van der Waals surface area contributed by atoms with Gasteiger partial charge in [0, 0.05) is 5.69 Å². The van der Waals surface area contributed by atoms with Gasteiger partial charge >= 0.3 is 0 Å². The van der Waals surface area contributed by atoms with Crippen molar-refractivity contribution >= 4 is 23.4 Å². The molecule has 1 N–H and O–H groups in total. The van der Waals surface area contributed by atoms with Gasteiger partial charge in [0.1, 0.15) is 5.60 Å². The van der Waals surface area contributed by atoms with Gasteiger partial charge in [0.25, 0.3) is 17.7 Å². The number of aliphatic hydroxyl groups excluding tert-OH is 1. The summed E-state index contributed by atoms with van der Waals surface area (Å²) < 4.78 is 6.17. The molecule has 198 valence electrons. The lowest BCUT2D eigenvalue weighted by molar-refractivity contribution is -0.191. The number of rotatable bonds is 6. The summed E-state index contributed by atoms with van der Waals surface area (Å²) in [5.74, 6) is -0.849. The Hall–Kier alpha value is -3.03. The highest BCUT2D eigenvalue weighted by atomic mass is 16.5. The fourth-order valence-electron chi connectivity index (χ4n) is 5.37. The summed E-state index contributed by atoms with van der Waals surface area (Å²) in [6.45, 7) is 15.0. The summed E-state index contributed by atoms with van der Waals surface area (Å²) in [6.07, 6.45) is -0.0106. The zero-order valence-corrected chi connectivity index (χ0v) is 23.1. The Morgan fingerprint density at radius 3 is 1.89 bits per heavy atom. The predicted molar refractivity (Wildman–Crippen MR) is 143 cm³/mol. The number of aliphatic hydroxyl groups is 1. The zero-order chi connectivity index (χ0) is 27.6. The number of benzene rings is 2. The van der Waals surface area contributed by atoms with Gasteiger partial charge in [0.15, 0.2) is 0 Å². The fourth-order valence-corrected chi connectivity index (χ4v) is 5.37. The van der Waals surface area contributed by atoms with Crippen molar-refractivity contribution in [3.8, 4) is 0 Å². The van der Waals surface area contributed by atoms with Gasteiger partial charge in [-0.3, -0.25) is 19.3 Å². The molecule has 2 aliphatic heterocycles. The topological polar surface area (TPSA) is 87.2 Å². The van der Waals surface area contributed by atoms with Crippen LogP contribution in [0.25, 0.3) is 0 Å². The minimum absolute atomic E-state index is 0.0947. The molecule has 37 heavy (non-hydrogen) atoms. The average Bonchev–Trinajstić information content (AvgIpc) is 3.07. The Bertz CT molecular complexity index is 1210. The van der Waals surface area contributed by atoms with Gasteiger partial charge in [-0.25, -0.2) is 0 Å². The van der Waals surface area contributed by atoms with Crippen LogP contribution in [0.1, 0.15) is 88.1 Å². The van der Waals surface area contributed by atoms with Crippen LogP contribution in [-0.2, 0) is 16.0 Å². The van der Waals surface area contributed by atoms with Gasteiger partial charge in [-0.2, -0.15) is 0 Å². The second-order valence-corrected chi connectivity index (χ2v) is 12.2. The number of imide groups is 1. The Morgan fingerprint density at radius 2 is 1.38 bits per heavy atom. The van der Waals surface area contributed by atoms with Crippen molar-refractivity contribution in [2.75, 3.05) is 4.90 Å². The highest BCUT2D eigenvalue weighted by Gasteiger charge is 2.56. The summed E-state index contributed by atoms with van der Waals surface area (Å²) in [4.78, 5) is 42.2. The van der Waals surface area contributed by atoms with E-state index < -0.39 is 28.4 Å². The molecule has 2 aliphatic rings. The minimum atomic E-state index is -1.07. The number of aryl methyl sites for hydroxylation is 1. The summed E-state index contributed by atoms with van der Waals surface area (Å²) in [7, 11) is 0. The smallest absolute Gasteiger partial charge is 0.262 e.